The van der Waals surface area contributed by atoms with Crippen LogP contribution in [0.25, 0.3) is 0 Å². The highest BCUT2D eigenvalue weighted by Gasteiger charge is 2.22. The number of carbonyl (C=O) groups excluding carboxylic acids is 2. The van der Waals surface area contributed by atoms with E-state index in [1.807, 2.05) is 27.2 Å². The number of likely N-dealkylation sites (N-methyl/N-ethyl adjacent to an activating group) is 1. The minimum absolute atomic E-state index is 0.0471. The summed E-state index contributed by atoms with van der Waals surface area (Å²) in [6.07, 6.45) is 107. The van der Waals surface area contributed by atoms with E-state index in [9.17, 15) is 19.0 Å². The van der Waals surface area contributed by atoms with Crippen LogP contribution in [0.4, 0.5) is 0 Å². The first-order valence-corrected chi connectivity index (χ1v) is 40.4. The van der Waals surface area contributed by atoms with Gasteiger partial charge in [0, 0.05) is 12.8 Å². The van der Waals surface area contributed by atoms with Crippen molar-refractivity contribution in [3.05, 3.63) is 134 Å². The second kappa shape index (κ2) is 73.4. The van der Waals surface area contributed by atoms with Crippen molar-refractivity contribution in [1.82, 2.24) is 0 Å². The molecule has 9 nitrogen and oxygen atoms in total. The molecule has 0 heterocycles. The van der Waals surface area contributed by atoms with E-state index in [1.54, 1.807) is 0 Å². The molecule has 94 heavy (non-hydrogen) atoms. The van der Waals surface area contributed by atoms with E-state index < -0.39 is 32.5 Å². The van der Waals surface area contributed by atoms with Crippen LogP contribution in [0.5, 0.6) is 0 Å². The molecule has 0 aromatic rings. The molecule has 540 valence electrons. The van der Waals surface area contributed by atoms with E-state index in [1.165, 1.54) is 212 Å². The number of unbranched alkanes of at least 4 members (excludes halogenated alkanes) is 35. The van der Waals surface area contributed by atoms with Gasteiger partial charge < -0.3 is 27.9 Å². The Bertz CT molecular complexity index is 2050. The molecule has 0 radical (unpaired) electrons. The number of phosphoric acid groups is 1. The molecule has 0 saturated carbocycles. The Balaban J connectivity index is 4.01. The Morgan fingerprint density at radius 1 is 0.340 bits per heavy atom. The highest BCUT2D eigenvalue weighted by Crippen LogP contribution is 2.38. The van der Waals surface area contributed by atoms with Crippen LogP contribution in [0, 0.1) is 0 Å². The third kappa shape index (κ3) is 77.2. The third-order valence-corrected chi connectivity index (χ3v) is 17.6. The molecule has 10 heteroatoms. The van der Waals surface area contributed by atoms with Crippen LogP contribution >= 0.6 is 7.82 Å². The number of carbonyl (C=O) groups is 2. The second-order valence-corrected chi connectivity index (χ2v) is 28.4. The predicted octanol–water partition coefficient (Wildman–Crippen LogP) is 25.3. The summed E-state index contributed by atoms with van der Waals surface area (Å²) in [5, 5.41) is 0. The predicted molar refractivity (Wildman–Crippen MR) is 406 cm³/mol. The first-order valence-electron chi connectivity index (χ1n) is 38.9. The fraction of sp³-hybridized carbons (Fsp3) is 0.714. The number of hydrogen-bond donors (Lipinski definition) is 0. The van der Waals surface area contributed by atoms with Gasteiger partial charge in [-0.3, -0.25) is 14.2 Å². The van der Waals surface area contributed by atoms with Crippen molar-refractivity contribution in [1.29, 1.82) is 0 Å². The van der Waals surface area contributed by atoms with Gasteiger partial charge >= 0.3 is 11.9 Å². The Morgan fingerprint density at radius 2 is 0.617 bits per heavy atom. The highest BCUT2D eigenvalue weighted by molar-refractivity contribution is 7.45. The third-order valence-electron chi connectivity index (χ3n) is 16.7. The topological polar surface area (TPSA) is 111 Å². The smallest absolute Gasteiger partial charge is 0.306 e. The molecule has 2 unspecified atom stereocenters. The van der Waals surface area contributed by atoms with E-state index in [2.05, 4.69) is 141 Å². The Hall–Kier alpha value is -3.85. The van der Waals surface area contributed by atoms with Gasteiger partial charge in [0.25, 0.3) is 7.82 Å². The number of quaternary nitrogens is 1. The van der Waals surface area contributed by atoms with Crippen LogP contribution in [-0.2, 0) is 32.7 Å². The quantitative estimate of drug-likeness (QED) is 0.0195. The number of nitrogens with zero attached hydrogens (tertiary/aromatic N) is 1. The van der Waals surface area contributed by atoms with Gasteiger partial charge in [0.2, 0.25) is 0 Å². The monoisotopic (exact) mass is 1330 g/mol. The normalized spacial score (nSPS) is 13.8. The van der Waals surface area contributed by atoms with E-state index in [-0.39, 0.29) is 26.1 Å². The molecular formula is C84H146NO8P. The number of ether oxygens (including phenoxy) is 2. The molecular weight excluding hydrogens is 1180 g/mol. The minimum atomic E-state index is -4.67. The average Bonchev–Trinajstić information content (AvgIpc) is 1.65. The Morgan fingerprint density at radius 3 is 0.936 bits per heavy atom. The summed E-state index contributed by atoms with van der Waals surface area (Å²) < 4.78 is 34.3. The molecule has 0 aromatic carbocycles. The molecule has 0 N–H and O–H groups in total. The summed E-state index contributed by atoms with van der Waals surface area (Å²) in [6.45, 7) is 4.07. The maximum atomic E-state index is 12.8. The molecule has 0 fully saturated rings. The van der Waals surface area contributed by atoms with Crippen molar-refractivity contribution in [3.63, 3.8) is 0 Å². The number of esters is 2. The lowest BCUT2D eigenvalue weighted by molar-refractivity contribution is -0.870. The van der Waals surface area contributed by atoms with Gasteiger partial charge in [0.15, 0.2) is 6.10 Å². The summed E-state index contributed by atoms with van der Waals surface area (Å²) in [6, 6.07) is 0. The first-order chi connectivity index (χ1) is 46.0. The molecule has 0 spiro atoms. The fourth-order valence-electron chi connectivity index (χ4n) is 10.8. The molecule has 0 aliphatic heterocycles. The lowest BCUT2D eigenvalue weighted by Gasteiger charge is -2.28. The van der Waals surface area contributed by atoms with Crippen molar-refractivity contribution in [2.24, 2.45) is 0 Å². The highest BCUT2D eigenvalue weighted by atomic mass is 31.2. The van der Waals surface area contributed by atoms with Gasteiger partial charge in [0.05, 0.1) is 27.7 Å². The van der Waals surface area contributed by atoms with Gasteiger partial charge in [-0.1, -0.05) is 347 Å². The molecule has 0 bridgehead atoms. The van der Waals surface area contributed by atoms with Gasteiger partial charge in [-0.2, -0.15) is 0 Å². The molecule has 0 amide bonds. The summed E-state index contributed by atoms with van der Waals surface area (Å²) >= 11 is 0. The lowest BCUT2D eigenvalue weighted by Crippen LogP contribution is -2.37. The maximum Gasteiger partial charge on any atom is 0.306 e. The summed E-state index contributed by atoms with van der Waals surface area (Å²) in [5.74, 6) is -0.900. The number of hydrogen-bond acceptors (Lipinski definition) is 8. The molecule has 0 saturated heterocycles. The van der Waals surface area contributed by atoms with Crippen LogP contribution < -0.4 is 4.89 Å². The van der Waals surface area contributed by atoms with Crippen LogP contribution in [0.1, 0.15) is 335 Å². The Labute approximate surface area is 581 Å². The number of rotatable bonds is 71. The van der Waals surface area contributed by atoms with Gasteiger partial charge in [-0.25, -0.2) is 0 Å². The van der Waals surface area contributed by atoms with E-state index >= 15 is 0 Å². The lowest BCUT2D eigenvalue weighted by atomic mass is 10.0. The van der Waals surface area contributed by atoms with Crippen molar-refractivity contribution in [2.75, 3.05) is 47.5 Å². The van der Waals surface area contributed by atoms with Crippen LogP contribution in [0.2, 0.25) is 0 Å². The van der Waals surface area contributed by atoms with Gasteiger partial charge in [-0.05, 0) is 109 Å². The zero-order valence-electron chi connectivity index (χ0n) is 61.6. The van der Waals surface area contributed by atoms with Crippen LogP contribution in [0.3, 0.4) is 0 Å². The largest absolute Gasteiger partial charge is 0.756 e. The molecule has 0 aliphatic carbocycles. The number of phosphoric ester groups is 1. The van der Waals surface area contributed by atoms with E-state index in [0.29, 0.717) is 23.9 Å². The maximum absolute atomic E-state index is 12.8. The SMILES string of the molecule is CC/C=C\C/C=C\C/C=C\C/C=C\C/C=C\C/C=C\C/C=C\C/C=C\C/C=C\CCCC(=O)OC(COC(=O)CCCCCCCCCCCCCCCCCCCCCCCCCCCCCCC/C=C\C/C=C\CCCCCCC)COP(=O)([O-])OCC[N+](C)(C)C. The first kappa shape index (κ1) is 90.2. The van der Waals surface area contributed by atoms with E-state index in [0.717, 1.165) is 83.5 Å². The van der Waals surface area contributed by atoms with Crippen molar-refractivity contribution >= 4 is 19.8 Å². The average molecular weight is 1330 g/mol. The van der Waals surface area contributed by atoms with Crippen molar-refractivity contribution in [2.45, 2.75) is 341 Å². The van der Waals surface area contributed by atoms with Crippen LogP contribution in [0.15, 0.2) is 134 Å². The fourth-order valence-corrected chi connectivity index (χ4v) is 11.5. The molecule has 0 rings (SSSR count). The molecule has 0 aliphatic rings. The van der Waals surface area contributed by atoms with Crippen LogP contribution in [-0.4, -0.2) is 70.0 Å². The molecule has 2 atom stereocenters. The molecule has 0 aromatic heterocycles. The summed E-state index contributed by atoms with van der Waals surface area (Å²) in [7, 11) is 1.12. The van der Waals surface area contributed by atoms with E-state index in [4.69, 9.17) is 18.5 Å². The summed E-state index contributed by atoms with van der Waals surface area (Å²) in [4.78, 5) is 38.1. The zero-order chi connectivity index (χ0) is 68.3. The van der Waals surface area contributed by atoms with Crippen molar-refractivity contribution in [3.8, 4) is 0 Å². The Kier molecular flexibility index (Phi) is 70.4. The summed E-state index contributed by atoms with van der Waals surface area (Å²) in [5.41, 5.74) is 0. The minimum Gasteiger partial charge on any atom is -0.756 e. The standard InChI is InChI=1S/C84H146NO8P/c1-6-8-10-12-14-16-18-20-22-24-26-28-30-32-34-36-37-38-39-40-41-42-43-44-45-46-47-49-50-52-54-56-58-60-62-64-66-68-70-72-74-76-83(86)90-80-82(81-92-94(88,89)91-79-78-85(3,4)5)93-84(87)77-75-73-71-69-67-65-63-61-59-57-55-53-51-48-35-33-31-29-27-25-23-21-19-17-15-13-11-9-7-2/h9,11,15,17-18,20-21,23-24,26-27,29,33,35,51,53,57,59,63,65,69,71,82H,6-8,10,12-14,16,19,22,25,28,30-32,34,36-50,52,54-56,58,60-62,64,66-68,70,72-81H2,1-5H3/b11-9-,17-15-,20-18-,23-21-,26-24-,29-27-,35-33-,53-51-,59-57-,65-63-,71-69-. The van der Waals surface area contributed by atoms with Gasteiger partial charge in [0.1, 0.15) is 19.8 Å². The zero-order valence-corrected chi connectivity index (χ0v) is 62.5. The second-order valence-electron chi connectivity index (χ2n) is 27.0. The number of allylic oxidation sites excluding steroid dienone is 22. The van der Waals surface area contributed by atoms with Gasteiger partial charge in [-0.15, -0.1) is 0 Å². The van der Waals surface area contributed by atoms with Crippen molar-refractivity contribution < 1.29 is 42.1 Å².